The van der Waals surface area contributed by atoms with Gasteiger partial charge in [-0.2, -0.15) is 0 Å². The van der Waals surface area contributed by atoms with E-state index < -0.39 is 0 Å². The zero-order valence-electron chi connectivity index (χ0n) is 12.2. The number of hydrogen-bond donors (Lipinski definition) is 2. The fourth-order valence-electron chi connectivity index (χ4n) is 2.24. The number of nitrogens with one attached hydrogen (secondary N) is 2. The highest BCUT2D eigenvalue weighted by molar-refractivity contribution is 5.76. The molecule has 20 heavy (non-hydrogen) atoms. The van der Waals surface area contributed by atoms with Gasteiger partial charge in [0.2, 0.25) is 5.91 Å². The molecule has 0 unspecified atom stereocenters. The summed E-state index contributed by atoms with van der Waals surface area (Å²) in [6, 6.07) is 0. The number of carbonyl (C=O) groups is 1. The lowest BCUT2D eigenvalue weighted by Crippen LogP contribution is -2.48. The normalized spacial score (nSPS) is 16.6. The topological polar surface area (TPSA) is 84.1 Å². The fraction of sp³-hybridized carbons (Fsp3) is 0.643. The van der Waals surface area contributed by atoms with Crippen LogP contribution in [-0.2, 0) is 16.0 Å². The fourth-order valence-corrected chi connectivity index (χ4v) is 2.24. The number of nitrogens with zero attached hydrogens (tertiary/aromatic N) is 1. The van der Waals surface area contributed by atoms with E-state index in [1.165, 1.54) is 0 Å². The van der Waals surface area contributed by atoms with Crippen LogP contribution in [0.3, 0.4) is 0 Å². The van der Waals surface area contributed by atoms with Crippen LogP contribution in [0.15, 0.2) is 4.79 Å². The van der Waals surface area contributed by atoms with Crippen molar-refractivity contribution in [2.45, 2.75) is 33.6 Å². The van der Waals surface area contributed by atoms with E-state index in [-0.39, 0.29) is 16.9 Å². The smallest absolute Gasteiger partial charge is 0.254 e. The maximum absolute atomic E-state index is 11.8. The van der Waals surface area contributed by atoms with Crippen LogP contribution < -0.4 is 10.9 Å². The number of aromatic amines is 1. The minimum atomic E-state index is -0.151. The lowest BCUT2D eigenvalue weighted by atomic mass is 9.89. The van der Waals surface area contributed by atoms with Crippen molar-refractivity contribution < 1.29 is 9.53 Å². The van der Waals surface area contributed by atoms with Gasteiger partial charge in [-0.05, 0) is 20.3 Å². The summed E-state index contributed by atoms with van der Waals surface area (Å²) in [5, 5.41) is 2.89. The van der Waals surface area contributed by atoms with Crippen molar-refractivity contribution in [1.29, 1.82) is 0 Å². The molecular formula is C14H21N3O3. The Kier molecular flexibility index (Phi) is 4.23. The first kappa shape index (κ1) is 14.7. The predicted molar refractivity (Wildman–Crippen MR) is 74.6 cm³/mol. The predicted octanol–water partition coefficient (Wildman–Crippen LogP) is 0.472. The van der Waals surface area contributed by atoms with E-state index in [2.05, 4.69) is 22.2 Å². The number of rotatable bonds is 5. The Labute approximate surface area is 118 Å². The number of aryl methyl sites for hydroxylation is 2. The van der Waals surface area contributed by atoms with E-state index in [0.29, 0.717) is 49.7 Å². The molecule has 0 saturated carbocycles. The van der Waals surface area contributed by atoms with Crippen LogP contribution in [0.1, 0.15) is 30.4 Å². The molecule has 6 nitrogen and oxygen atoms in total. The largest absolute Gasteiger partial charge is 0.380 e. The van der Waals surface area contributed by atoms with E-state index in [1.807, 2.05) is 0 Å². The molecule has 2 N–H and O–H groups in total. The summed E-state index contributed by atoms with van der Waals surface area (Å²) >= 11 is 0. The molecular weight excluding hydrogens is 258 g/mol. The van der Waals surface area contributed by atoms with Crippen molar-refractivity contribution in [2.75, 3.05) is 19.8 Å². The van der Waals surface area contributed by atoms with Crippen LogP contribution >= 0.6 is 0 Å². The van der Waals surface area contributed by atoms with Crippen LogP contribution in [-0.4, -0.2) is 35.6 Å². The van der Waals surface area contributed by atoms with E-state index in [1.54, 1.807) is 13.8 Å². The number of H-pyrrole nitrogens is 1. The average molecular weight is 279 g/mol. The van der Waals surface area contributed by atoms with Crippen molar-refractivity contribution in [3.8, 4) is 0 Å². The minimum Gasteiger partial charge on any atom is -0.380 e. The second kappa shape index (κ2) is 5.75. The Balaban J connectivity index is 1.86. The van der Waals surface area contributed by atoms with Crippen molar-refractivity contribution in [3.63, 3.8) is 0 Å². The Morgan fingerprint density at radius 2 is 2.15 bits per heavy atom. The Bertz CT molecular complexity index is 561. The van der Waals surface area contributed by atoms with Gasteiger partial charge < -0.3 is 15.0 Å². The summed E-state index contributed by atoms with van der Waals surface area (Å²) in [5.74, 6) is 0.552. The molecule has 1 fully saturated rings. The summed E-state index contributed by atoms with van der Waals surface area (Å²) in [6.45, 7) is 7.61. The third-order valence-electron chi connectivity index (χ3n) is 3.56. The lowest BCUT2D eigenvalue weighted by molar-refractivity contribution is -0.126. The van der Waals surface area contributed by atoms with Gasteiger partial charge in [-0.1, -0.05) is 6.92 Å². The zero-order valence-corrected chi connectivity index (χ0v) is 12.2. The molecule has 0 atom stereocenters. The van der Waals surface area contributed by atoms with Gasteiger partial charge in [0, 0.05) is 29.6 Å². The van der Waals surface area contributed by atoms with Crippen molar-refractivity contribution in [3.05, 3.63) is 27.4 Å². The standard InChI is InChI=1S/C14H21N3O3/c1-9-11(13(19)17-10(2)16-9)4-5-12(18)15-6-14(3)7-20-8-14/h4-8H2,1-3H3,(H,15,18)(H,16,17,19). The highest BCUT2D eigenvalue weighted by Gasteiger charge is 2.33. The van der Waals surface area contributed by atoms with Gasteiger partial charge in [-0.15, -0.1) is 0 Å². The van der Waals surface area contributed by atoms with Crippen LogP contribution in [0.5, 0.6) is 0 Å². The number of ether oxygens (including phenoxy) is 1. The Morgan fingerprint density at radius 1 is 1.45 bits per heavy atom. The maximum Gasteiger partial charge on any atom is 0.254 e. The van der Waals surface area contributed by atoms with E-state index >= 15 is 0 Å². The SMILES string of the molecule is Cc1nc(C)c(CCC(=O)NCC2(C)COC2)c(=O)[nH]1. The number of amides is 1. The van der Waals surface area contributed by atoms with E-state index in [4.69, 9.17) is 4.74 Å². The Hall–Kier alpha value is -1.69. The summed E-state index contributed by atoms with van der Waals surface area (Å²) in [5.41, 5.74) is 1.19. The highest BCUT2D eigenvalue weighted by atomic mass is 16.5. The minimum absolute atomic E-state index is 0.0440. The summed E-state index contributed by atoms with van der Waals surface area (Å²) in [7, 11) is 0. The first-order chi connectivity index (χ1) is 9.39. The molecule has 1 saturated heterocycles. The third kappa shape index (κ3) is 3.45. The van der Waals surface area contributed by atoms with Gasteiger partial charge in [-0.25, -0.2) is 4.98 Å². The molecule has 1 aliphatic heterocycles. The molecule has 6 heteroatoms. The van der Waals surface area contributed by atoms with E-state index in [9.17, 15) is 9.59 Å². The quantitative estimate of drug-likeness (QED) is 0.820. The average Bonchev–Trinajstić information content (AvgIpc) is 2.32. The van der Waals surface area contributed by atoms with Crippen LogP contribution in [0.25, 0.3) is 0 Å². The molecule has 1 aromatic rings. The van der Waals surface area contributed by atoms with Gasteiger partial charge in [0.05, 0.1) is 13.2 Å². The maximum atomic E-state index is 11.8. The van der Waals surface area contributed by atoms with Crippen molar-refractivity contribution in [2.24, 2.45) is 5.41 Å². The van der Waals surface area contributed by atoms with Crippen LogP contribution in [0, 0.1) is 19.3 Å². The number of aromatic nitrogens is 2. The summed E-state index contributed by atoms with van der Waals surface area (Å²) in [6.07, 6.45) is 0.707. The first-order valence-electron chi connectivity index (χ1n) is 6.80. The molecule has 110 valence electrons. The molecule has 1 amide bonds. The molecule has 1 aromatic heterocycles. The molecule has 2 rings (SSSR count). The van der Waals surface area contributed by atoms with Gasteiger partial charge in [0.1, 0.15) is 5.82 Å². The monoisotopic (exact) mass is 279 g/mol. The van der Waals surface area contributed by atoms with Gasteiger partial charge in [0.15, 0.2) is 0 Å². The Morgan fingerprint density at radius 3 is 2.70 bits per heavy atom. The highest BCUT2D eigenvalue weighted by Crippen LogP contribution is 2.25. The van der Waals surface area contributed by atoms with Crippen molar-refractivity contribution >= 4 is 5.91 Å². The first-order valence-corrected chi connectivity index (χ1v) is 6.80. The molecule has 0 spiro atoms. The molecule has 1 aliphatic rings. The van der Waals surface area contributed by atoms with Crippen LogP contribution in [0.2, 0.25) is 0 Å². The van der Waals surface area contributed by atoms with Gasteiger partial charge >= 0.3 is 0 Å². The molecule has 0 aromatic carbocycles. The third-order valence-corrected chi connectivity index (χ3v) is 3.56. The number of hydrogen-bond acceptors (Lipinski definition) is 4. The number of carbonyl (C=O) groups excluding carboxylic acids is 1. The molecule has 0 bridgehead atoms. The van der Waals surface area contributed by atoms with Gasteiger partial charge in [-0.3, -0.25) is 9.59 Å². The lowest BCUT2D eigenvalue weighted by Gasteiger charge is -2.38. The van der Waals surface area contributed by atoms with E-state index in [0.717, 1.165) is 0 Å². The summed E-state index contributed by atoms with van der Waals surface area (Å²) < 4.78 is 5.14. The second-order valence-electron chi connectivity index (χ2n) is 5.80. The molecule has 0 aliphatic carbocycles. The summed E-state index contributed by atoms with van der Waals surface area (Å²) in [4.78, 5) is 30.5. The zero-order chi connectivity index (χ0) is 14.8. The second-order valence-corrected chi connectivity index (χ2v) is 5.80. The molecule has 2 heterocycles. The van der Waals surface area contributed by atoms with Crippen LogP contribution in [0.4, 0.5) is 0 Å². The van der Waals surface area contributed by atoms with Gasteiger partial charge in [0.25, 0.3) is 5.56 Å². The molecule has 0 radical (unpaired) electrons. The van der Waals surface area contributed by atoms with Crippen molar-refractivity contribution in [1.82, 2.24) is 15.3 Å².